The molecule has 18 heteroatoms. The van der Waals surface area contributed by atoms with Crippen LogP contribution in [0, 0.1) is 0 Å². The van der Waals surface area contributed by atoms with E-state index in [1.807, 2.05) is 91.9 Å². The zero-order valence-corrected chi connectivity index (χ0v) is 33.4. The summed E-state index contributed by atoms with van der Waals surface area (Å²) in [4.78, 5) is 17.7. The van der Waals surface area contributed by atoms with E-state index in [0.717, 1.165) is 50.7 Å². The molecular weight excluding hydrogens is 749 g/mol. The van der Waals surface area contributed by atoms with E-state index in [1.165, 1.54) is 11.8 Å². The maximum absolute atomic E-state index is 12.1. The van der Waals surface area contributed by atoms with Gasteiger partial charge in [0.15, 0.2) is 16.5 Å². The molecule has 0 fully saturated rings. The first kappa shape index (κ1) is 38.1. The number of aromatic nitrogens is 12. The van der Waals surface area contributed by atoms with E-state index < -0.39 is 9.84 Å². The van der Waals surface area contributed by atoms with Crippen LogP contribution in [0.15, 0.2) is 108 Å². The van der Waals surface area contributed by atoms with Crippen LogP contribution in [0.2, 0.25) is 0 Å². The van der Waals surface area contributed by atoms with Crippen molar-refractivity contribution in [2.75, 3.05) is 23.1 Å². The number of benzene rings is 2. The predicted molar refractivity (Wildman–Crippen MR) is 216 cm³/mol. The molecule has 0 atom stereocenters. The second-order valence-corrected chi connectivity index (χ2v) is 16.2. The van der Waals surface area contributed by atoms with E-state index in [4.69, 9.17) is 0 Å². The molecule has 0 spiro atoms. The number of hydrogen-bond acceptors (Lipinski definition) is 13. The lowest BCUT2D eigenvalue weighted by atomic mass is 10.1. The van der Waals surface area contributed by atoms with E-state index >= 15 is 0 Å². The highest BCUT2D eigenvalue weighted by Gasteiger charge is 2.20. The second-order valence-electron chi connectivity index (χ2n) is 13.5. The molecule has 0 unspecified atom stereocenters. The van der Waals surface area contributed by atoms with Crippen molar-refractivity contribution in [3.05, 3.63) is 120 Å². The van der Waals surface area contributed by atoms with Crippen molar-refractivity contribution in [2.24, 2.45) is 0 Å². The van der Waals surface area contributed by atoms with Crippen LogP contribution in [-0.4, -0.2) is 79.7 Å². The molecule has 2 N–H and O–H groups in total. The van der Waals surface area contributed by atoms with Gasteiger partial charge in [0.05, 0.1) is 23.8 Å². The number of fused-ring (bicyclic) bond motifs is 2. The Labute approximate surface area is 328 Å². The summed E-state index contributed by atoms with van der Waals surface area (Å²) in [5, 5.41) is 24.6. The molecule has 6 heterocycles. The van der Waals surface area contributed by atoms with Gasteiger partial charge in [0.1, 0.15) is 0 Å². The molecule has 0 bridgehead atoms. The number of sulfone groups is 1. The molecule has 0 aliphatic heterocycles. The minimum atomic E-state index is -3.58. The average molecular weight is 791 g/mol. The molecule has 0 amide bonds. The molecule has 16 nitrogen and oxygen atoms in total. The summed E-state index contributed by atoms with van der Waals surface area (Å²) < 4.78 is 31.2. The van der Waals surface area contributed by atoms with E-state index in [2.05, 4.69) is 76.9 Å². The fourth-order valence-electron chi connectivity index (χ4n) is 5.99. The van der Waals surface area contributed by atoms with Gasteiger partial charge in [0, 0.05) is 55.3 Å². The lowest BCUT2D eigenvalue weighted by Gasteiger charge is -2.12. The number of para-hydroxylation sites is 2. The summed E-state index contributed by atoms with van der Waals surface area (Å²) in [6.07, 6.45) is 14.0. The zero-order chi connectivity index (χ0) is 39.4. The number of hydrogen-bond donors (Lipinski definition) is 2. The third kappa shape index (κ3) is 8.11. The highest BCUT2D eigenvalue weighted by Crippen LogP contribution is 2.25. The Hall–Kier alpha value is -6.14. The number of anilines is 2. The number of nitrogens with one attached hydrogen (secondary N) is 2. The molecule has 8 rings (SSSR count). The molecule has 0 aliphatic carbocycles. The second kappa shape index (κ2) is 16.3. The Morgan fingerprint density at radius 3 is 1.57 bits per heavy atom. The molecular formula is C38H42N14O2S2. The Bertz CT molecular complexity index is 2690. The molecule has 2 aromatic carbocycles. The number of nitrogens with zero attached hydrogens (tertiary/aromatic N) is 12. The van der Waals surface area contributed by atoms with Gasteiger partial charge in [-0.05, 0) is 53.5 Å². The van der Waals surface area contributed by atoms with Gasteiger partial charge in [-0.25, -0.2) is 22.8 Å². The normalized spacial score (nSPS) is 11.7. The maximum atomic E-state index is 12.1. The molecule has 56 heavy (non-hydrogen) atoms. The van der Waals surface area contributed by atoms with Gasteiger partial charge < -0.3 is 10.6 Å². The predicted octanol–water partition coefficient (Wildman–Crippen LogP) is 6.22. The quantitative estimate of drug-likeness (QED) is 0.133. The third-order valence-electron chi connectivity index (χ3n) is 8.87. The molecule has 0 saturated heterocycles. The van der Waals surface area contributed by atoms with Crippen molar-refractivity contribution in [1.29, 1.82) is 0 Å². The van der Waals surface area contributed by atoms with E-state index in [-0.39, 0.29) is 11.1 Å². The lowest BCUT2D eigenvalue weighted by Crippen LogP contribution is -2.14. The fraction of sp³-hybridized carbons (Fsp3) is 0.263. The first-order valence-electron chi connectivity index (χ1n) is 17.9. The van der Waals surface area contributed by atoms with E-state index in [1.54, 1.807) is 32.3 Å². The molecule has 0 radical (unpaired) electrons. The summed E-state index contributed by atoms with van der Waals surface area (Å²) in [6, 6.07) is 19.8. The van der Waals surface area contributed by atoms with Crippen LogP contribution in [0.4, 0.5) is 11.9 Å². The van der Waals surface area contributed by atoms with Crippen molar-refractivity contribution < 1.29 is 8.42 Å². The Morgan fingerprint density at radius 2 is 1.12 bits per heavy atom. The van der Waals surface area contributed by atoms with Gasteiger partial charge in [-0.1, -0.05) is 75.9 Å². The zero-order valence-electron chi connectivity index (χ0n) is 31.8. The van der Waals surface area contributed by atoms with E-state index in [0.29, 0.717) is 36.6 Å². The number of thioether (sulfide) groups is 1. The van der Waals surface area contributed by atoms with Crippen LogP contribution in [0.3, 0.4) is 0 Å². The van der Waals surface area contributed by atoms with Gasteiger partial charge in [0.2, 0.25) is 21.7 Å². The minimum Gasteiger partial charge on any atom is -0.350 e. The first-order valence-corrected chi connectivity index (χ1v) is 21.0. The average Bonchev–Trinajstić information content (AvgIpc) is 4.03. The Morgan fingerprint density at radius 1 is 0.643 bits per heavy atom. The fourth-order valence-corrected chi connectivity index (χ4v) is 6.85. The standard InChI is InChI=1S/C19H21N7O2S.C19H21N7S/c1-13(2)15-12-22-26-17(15)23-19(29(3,27)28)24-18(26)20-11-14-7-4-5-8-16(14)25-10-6-9-21-25;1-13(2)15-12-22-26-17(15)23-19(27-3)24-18(26)20-11-14-7-4-5-8-16(14)25-10-6-9-21-25/h4-10,12-13H,11H2,1-3H3,(H,20,23,24);4-10,12-13H,11H2,1-3H3,(H,20,23,24). The minimum absolute atomic E-state index is 0.142. The number of rotatable bonds is 12. The third-order valence-corrected chi connectivity index (χ3v) is 10.3. The maximum Gasteiger partial charge on any atom is 0.252 e. The Balaban J connectivity index is 0.000000172. The summed E-state index contributed by atoms with van der Waals surface area (Å²) in [5.41, 5.74) is 7.36. The molecule has 0 aliphatic rings. The van der Waals surface area contributed by atoms with Gasteiger partial charge in [0.25, 0.3) is 5.16 Å². The van der Waals surface area contributed by atoms with Crippen LogP contribution in [0.25, 0.3) is 22.7 Å². The first-order chi connectivity index (χ1) is 27.0. The highest BCUT2D eigenvalue weighted by molar-refractivity contribution is 7.98. The van der Waals surface area contributed by atoms with Crippen LogP contribution in [-0.2, 0) is 22.9 Å². The SMILES string of the molecule is CC(C)c1cnn2c(NCc3ccccc3-n3cccn3)nc(S(C)(=O)=O)nc12.CSc1nc(NCc2ccccc2-n2cccn2)n2ncc(C(C)C)c2n1. The van der Waals surface area contributed by atoms with Gasteiger partial charge in [-0.15, -0.1) is 0 Å². The Kier molecular flexibility index (Phi) is 11.1. The monoisotopic (exact) mass is 790 g/mol. The van der Waals surface area contributed by atoms with Crippen LogP contribution in [0.5, 0.6) is 0 Å². The van der Waals surface area contributed by atoms with Crippen molar-refractivity contribution in [2.45, 2.75) is 62.9 Å². The summed E-state index contributed by atoms with van der Waals surface area (Å²) in [5.74, 6) is 1.49. The highest BCUT2D eigenvalue weighted by atomic mass is 32.2. The van der Waals surface area contributed by atoms with E-state index in [9.17, 15) is 8.42 Å². The smallest absolute Gasteiger partial charge is 0.252 e. The molecule has 0 saturated carbocycles. The van der Waals surface area contributed by atoms with Crippen molar-refractivity contribution in [1.82, 2.24) is 58.7 Å². The van der Waals surface area contributed by atoms with Crippen LogP contribution < -0.4 is 10.6 Å². The molecule has 288 valence electrons. The summed E-state index contributed by atoms with van der Waals surface area (Å²) in [6.45, 7) is 9.31. The topological polar surface area (TPSA) is 180 Å². The molecule has 6 aromatic heterocycles. The molecule has 8 aromatic rings. The van der Waals surface area contributed by atoms with Crippen LogP contribution in [0.1, 0.15) is 61.8 Å². The van der Waals surface area contributed by atoms with Crippen molar-refractivity contribution in [3.63, 3.8) is 0 Å². The van der Waals surface area contributed by atoms with Gasteiger partial charge in [-0.2, -0.15) is 44.4 Å². The largest absolute Gasteiger partial charge is 0.350 e. The van der Waals surface area contributed by atoms with Crippen molar-refractivity contribution in [3.8, 4) is 11.4 Å². The van der Waals surface area contributed by atoms with Crippen molar-refractivity contribution >= 4 is 44.8 Å². The summed E-state index contributed by atoms with van der Waals surface area (Å²) in [7, 11) is -3.58. The van der Waals surface area contributed by atoms with Crippen LogP contribution >= 0.6 is 11.8 Å². The van der Waals surface area contributed by atoms with Gasteiger partial charge in [-0.3, -0.25) is 0 Å². The summed E-state index contributed by atoms with van der Waals surface area (Å²) >= 11 is 1.53. The van der Waals surface area contributed by atoms with Gasteiger partial charge >= 0.3 is 0 Å². The lowest BCUT2D eigenvalue weighted by molar-refractivity contribution is 0.592.